The standard InChI is InChI=1S/C13H18BrN3.ClH/c14-12-1-2-13(16-7-12)9-17-4-3-10-5-15-6-11(10)8-17;/h1-2,7,10-11,15H,3-6,8-9H2;1H. The van der Waals surface area contributed by atoms with Crippen molar-refractivity contribution < 1.29 is 0 Å². The summed E-state index contributed by atoms with van der Waals surface area (Å²) in [6.07, 6.45) is 3.23. The Balaban J connectivity index is 0.00000120. The van der Waals surface area contributed by atoms with Crippen molar-refractivity contribution in [2.45, 2.75) is 13.0 Å². The molecule has 0 bridgehead atoms. The number of hydrogen-bond donors (Lipinski definition) is 1. The zero-order chi connectivity index (χ0) is 11.7. The Labute approximate surface area is 123 Å². The number of rotatable bonds is 2. The number of piperidine rings is 1. The van der Waals surface area contributed by atoms with Crippen LogP contribution in [0, 0.1) is 11.8 Å². The van der Waals surface area contributed by atoms with Gasteiger partial charge in [-0.25, -0.2) is 0 Å². The van der Waals surface area contributed by atoms with Crippen LogP contribution in [0.2, 0.25) is 0 Å². The van der Waals surface area contributed by atoms with Crippen LogP contribution in [-0.4, -0.2) is 36.1 Å². The number of nitrogens with zero attached hydrogens (tertiary/aromatic N) is 2. The summed E-state index contributed by atoms with van der Waals surface area (Å²) in [5.74, 6) is 1.78. The largest absolute Gasteiger partial charge is 0.316 e. The van der Waals surface area contributed by atoms with Crippen LogP contribution in [0.15, 0.2) is 22.8 Å². The van der Waals surface area contributed by atoms with Crippen molar-refractivity contribution in [2.75, 3.05) is 26.2 Å². The first-order valence-corrected chi connectivity index (χ1v) is 7.14. The fourth-order valence-corrected chi connectivity index (χ4v) is 3.22. The van der Waals surface area contributed by atoms with E-state index in [0.29, 0.717) is 0 Å². The van der Waals surface area contributed by atoms with Gasteiger partial charge in [-0.05, 0) is 66.0 Å². The first-order valence-electron chi connectivity index (χ1n) is 6.35. The van der Waals surface area contributed by atoms with Gasteiger partial charge >= 0.3 is 0 Å². The predicted molar refractivity (Wildman–Crippen MR) is 78.9 cm³/mol. The van der Waals surface area contributed by atoms with E-state index in [1.54, 1.807) is 0 Å². The molecule has 0 saturated carbocycles. The Morgan fingerprint density at radius 3 is 2.94 bits per heavy atom. The van der Waals surface area contributed by atoms with Crippen molar-refractivity contribution in [3.8, 4) is 0 Å². The lowest BCUT2D eigenvalue weighted by Gasteiger charge is -2.34. The van der Waals surface area contributed by atoms with Crippen molar-refractivity contribution in [3.63, 3.8) is 0 Å². The van der Waals surface area contributed by atoms with Gasteiger partial charge in [0.15, 0.2) is 0 Å². The molecule has 3 nitrogen and oxygen atoms in total. The number of pyridine rings is 1. The van der Waals surface area contributed by atoms with E-state index >= 15 is 0 Å². The minimum Gasteiger partial charge on any atom is -0.316 e. The van der Waals surface area contributed by atoms with Crippen LogP contribution in [0.5, 0.6) is 0 Å². The van der Waals surface area contributed by atoms with E-state index in [1.807, 2.05) is 6.20 Å². The van der Waals surface area contributed by atoms with Crippen LogP contribution in [-0.2, 0) is 6.54 Å². The quantitative estimate of drug-likeness (QED) is 0.901. The normalized spacial score (nSPS) is 27.6. The van der Waals surface area contributed by atoms with Crippen molar-refractivity contribution in [1.82, 2.24) is 15.2 Å². The van der Waals surface area contributed by atoms with Crippen LogP contribution in [0.1, 0.15) is 12.1 Å². The van der Waals surface area contributed by atoms with Crippen molar-refractivity contribution >= 4 is 28.3 Å². The van der Waals surface area contributed by atoms with Gasteiger partial charge in [0.25, 0.3) is 0 Å². The summed E-state index contributed by atoms with van der Waals surface area (Å²) < 4.78 is 1.06. The molecule has 0 aromatic carbocycles. The van der Waals surface area contributed by atoms with Gasteiger partial charge in [0, 0.05) is 23.8 Å². The summed E-state index contributed by atoms with van der Waals surface area (Å²) in [5.41, 5.74) is 1.18. The maximum atomic E-state index is 4.45. The van der Waals surface area contributed by atoms with Gasteiger partial charge < -0.3 is 5.32 Å². The number of fused-ring (bicyclic) bond motifs is 1. The third kappa shape index (κ3) is 3.23. The van der Waals surface area contributed by atoms with Crippen molar-refractivity contribution in [1.29, 1.82) is 0 Å². The molecule has 100 valence electrons. The second-order valence-electron chi connectivity index (χ2n) is 5.17. The predicted octanol–water partition coefficient (Wildman–Crippen LogP) is 2.31. The molecule has 2 saturated heterocycles. The molecule has 2 aliphatic heterocycles. The number of aromatic nitrogens is 1. The van der Waals surface area contributed by atoms with E-state index in [1.165, 1.54) is 38.3 Å². The average Bonchev–Trinajstić information content (AvgIpc) is 2.79. The molecule has 1 aromatic heterocycles. The van der Waals surface area contributed by atoms with Gasteiger partial charge in [0.1, 0.15) is 0 Å². The summed E-state index contributed by atoms with van der Waals surface area (Å²) in [5, 5.41) is 3.51. The van der Waals surface area contributed by atoms with Crippen LogP contribution >= 0.6 is 28.3 Å². The SMILES string of the molecule is Brc1ccc(CN2CCC3CNCC3C2)nc1.Cl. The smallest absolute Gasteiger partial charge is 0.0544 e. The maximum absolute atomic E-state index is 4.45. The highest BCUT2D eigenvalue weighted by molar-refractivity contribution is 9.10. The molecule has 2 fully saturated rings. The number of likely N-dealkylation sites (tertiary alicyclic amines) is 1. The molecule has 1 aromatic rings. The molecule has 0 spiro atoms. The highest BCUT2D eigenvalue weighted by Crippen LogP contribution is 2.27. The van der Waals surface area contributed by atoms with Gasteiger partial charge in [-0.15, -0.1) is 12.4 Å². The summed E-state index contributed by atoms with van der Waals surface area (Å²) in [6.45, 7) is 5.89. The van der Waals surface area contributed by atoms with E-state index in [2.05, 4.69) is 43.3 Å². The molecule has 0 aliphatic carbocycles. The van der Waals surface area contributed by atoms with Gasteiger partial charge in [0.05, 0.1) is 5.69 Å². The first-order chi connectivity index (χ1) is 8.31. The van der Waals surface area contributed by atoms with Crippen LogP contribution in [0.3, 0.4) is 0 Å². The molecule has 3 rings (SSSR count). The number of hydrogen-bond acceptors (Lipinski definition) is 3. The Kier molecular flexibility index (Phi) is 5.01. The zero-order valence-corrected chi connectivity index (χ0v) is 12.7. The van der Waals surface area contributed by atoms with E-state index < -0.39 is 0 Å². The number of nitrogens with one attached hydrogen (secondary N) is 1. The van der Waals surface area contributed by atoms with Gasteiger partial charge in [-0.2, -0.15) is 0 Å². The lowest BCUT2D eigenvalue weighted by Crippen LogP contribution is -2.39. The molecule has 0 amide bonds. The van der Waals surface area contributed by atoms with Gasteiger partial charge in [0.2, 0.25) is 0 Å². The zero-order valence-electron chi connectivity index (χ0n) is 10.3. The molecule has 2 unspecified atom stereocenters. The second kappa shape index (κ2) is 6.33. The van der Waals surface area contributed by atoms with E-state index in [9.17, 15) is 0 Å². The molecule has 2 aliphatic rings. The van der Waals surface area contributed by atoms with E-state index in [4.69, 9.17) is 0 Å². The maximum Gasteiger partial charge on any atom is 0.0544 e. The lowest BCUT2D eigenvalue weighted by atomic mass is 9.89. The second-order valence-corrected chi connectivity index (χ2v) is 6.09. The van der Waals surface area contributed by atoms with Gasteiger partial charge in [-0.3, -0.25) is 9.88 Å². The summed E-state index contributed by atoms with van der Waals surface area (Å²) in [7, 11) is 0. The minimum atomic E-state index is 0. The third-order valence-electron chi connectivity index (χ3n) is 3.96. The minimum absolute atomic E-state index is 0. The third-order valence-corrected chi connectivity index (χ3v) is 4.43. The first kappa shape index (κ1) is 14.3. The van der Waals surface area contributed by atoms with Crippen molar-refractivity contribution in [2.24, 2.45) is 11.8 Å². The molecular weight excluding hydrogens is 314 g/mol. The molecule has 0 radical (unpaired) electrons. The fourth-order valence-electron chi connectivity index (χ4n) is 2.98. The van der Waals surface area contributed by atoms with Gasteiger partial charge in [-0.1, -0.05) is 0 Å². The average molecular weight is 333 g/mol. The molecule has 2 atom stereocenters. The summed E-state index contributed by atoms with van der Waals surface area (Å²) in [4.78, 5) is 7.00. The lowest BCUT2D eigenvalue weighted by molar-refractivity contribution is 0.141. The monoisotopic (exact) mass is 331 g/mol. The highest BCUT2D eigenvalue weighted by Gasteiger charge is 2.32. The van der Waals surface area contributed by atoms with Crippen molar-refractivity contribution in [3.05, 3.63) is 28.5 Å². The Morgan fingerprint density at radius 1 is 1.33 bits per heavy atom. The Morgan fingerprint density at radius 2 is 2.17 bits per heavy atom. The number of halogens is 2. The molecule has 1 N–H and O–H groups in total. The van der Waals surface area contributed by atoms with E-state index in [0.717, 1.165) is 22.9 Å². The Bertz CT molecular complexity index is 384. The van der Waals surface area contributed by atoms with Crippen LogP contribution in [0.4, 0.5) is 0 Å². The molecule has 3 heterocycles. The summed E-state index contributed by atoms with van der Waals surface area (Å²) in [6, 6.07) is 4.19. The van der Waals surface area contributed by atoms with E-state index in [-0.39, 0.29) is 12.4 Å². The molecular formula is C13H19BrClN3. The van der Waals surface area contributed by atoms with Crippen LogP contribution in [0.25, 0.3) is 0 Å². The molecule has 18 heavy (non-hydrogen) atoms. The van der Waals surface area contributed by atoms with Crippen LogP contribution < -0.4 is 5.32 Å². The Hall–Kier alpha value is -0.160. The highest BCUT2D eigenvalue weighted by atomic mass is 79.9. The summed E-state index contributed by atoms with van der Waals surface area (Å²) >= 11 is 3.42. The fraction of sp³-hybridized carbons (Fsp3) is 0.615. The topological polar surface area (TPSA) is 28.2 Å². The molecule has 5 heteroatoms.